The summed E-state index contributed by atoms with van der Waals surface area (Å²) < 4.78 is 27.1. The van der Waals surface area contributed by atoms with Gasteiger partial charge in [-0.2, -0.15) is 8.42 Å². The van der Waals surface area contributed by atoms with Gasteiger partial charge in [0.1, 0.15) is 0 Å². The largest absolute Gasteiger partial charge is 0.288 e. The lowest BCUT2D eigenvalue weighted by atomic mass is 10.2. The molecule has 0 saturated heterocycles. The Morgan fingerprint density at radius 1 is 1.33 bits per heavy atom. The molecule has 0 N–H and O–H groups in total. The zero-order valence-electron chi connectivity index (χ0n) is 8.67. The van der Waals surface area contributed by atoms with Crippen molar-refractivity contribution in [2.45, 2.75) is 11.8 Å². The molecular weight excluding hydrogens is 230 g/mol. The second kappa shape index (κ2) is 4.72. The van der Waals surface area contributed by atoms with Crippen molar-refractivity contribution < 1.29 is 8.42 Å². The molecule has 0 aliphatic carbocycles. The minimum Gasteiger partial charge on any atom is -0.199 e. The Morgan fingerprint density at radius 3 is 2.33 bits per heavy atom. The van der Waals surface area contributed by atoms with E-state index in [2.05, 4.69) is 10.3 Å². The molecule has 1 atom stereocenters. The van der Waals surface area contributed by atoms with E-state index in [4.69, 9.17) is 0 Å². The summed E-state index contributed by atoms with van der Waals surface area (Å²) in [6.45, 7) is 5.41. The summed E-state index contributed by atoms with van der Waals surface area (Å²) in [5.41, 5.74) is 1.02. The highest BCUT2D eigenvalue weighted by Crippen LogP contribution is 2.13. The molecule has 5 heteroatoms. The molecule has 0 aromatic heterocycles. The van der Waals surface area contributed by atoms with Crippen LogP contribution in [-0.4, -0.2) is 14.7 Å². The molecule has 15 heavy (non-hydrogen) atoms. The van der Waals surface area contributed by atoms with Crippen LogP contribution in [0.4, 0.5) is 0 Å². The van der Waals surface area contributed by atoms with Crippen LogP contribution >= 0.6 is 0 Å². The lowest BCUT2D eigenvalue weighted by Gasteiger charge is -2.00. The van der Waals surface area contributed by atoms with Crippen LogP contribution in [0.5, 0.6) is 0 Å². The highest BCUT2D eigenvalue weighted by molar-refractivity contribution is 8.01. The van der Waals surface area contributed by atoms with E-state index in [1.54, 1.807) is 30.5 Å². The Balaban J connectivity index is 3.18. The second-order valence-corrected chi connectivity index (χ2v) is 6.45. The molecule has 0 aliphatic heterocycles. The molecule has 0 saturated carbocycles. The Hall–Kier alpha value is -0.940. The number of nitrogens with zero attached hydrogens (tertiary/aromatic N) is 1. The summed E-state index contributed by atoms with van der Waals surface area (Å²) in [6.07, 6.45) is 1.71. The van der Waals surface area contributed by atoms with Gasteiger partial charge < -0.3 is 0 Å². The highest BCUT2D eigenvalue weighted by Gasteiger charge is 2.11. The molecule has 3 nitrogen and oxygen atoms in total. The Kier molecular flexibility index (Phi) is 3.82. The van der Waals surface area contributed by atoms with Crippen LogP contribution < -0.4 is 0 Å². The van der Waals surface area contributed by atoms with E-state index in [1.807, 2.05) is 6.92 Å². The Bertz CT molecular complexity index is 487. The molecule has 0 radical (unpaired) electrons. The standard InChI is InChI=1S/C10H13NO2S2/c1-4-14(3)11-15(12,13)10-7-5-9(2)6-8-10/h4-8H,1H2,2-3H3. The maximum atomic E-state index is 11.7. The number of rotatable bonds is 3. The number of aryl methyl sites for hydroxylation is 1. The van der Waals surface area contributed by atoms with E-state index >= 15 is 0 Å². The van der Waals surface area contributed by atoms with Crippen molar-refractivity contribution in [1.29, 1.82) is 0 Å². The first-order chi connectivity index (χ1) is 6.95. The molecule has 82 valence electrons. The number of hydrogen-bond acceptors (Lipinski definition) is 2. The van der Waals surface area contributed by atoms with Gasteiger partial charge >= 0.3 is 0 Å². The summed E-state index contributed by atoms with van der Waals surface area (Å²) in [5.74, 6) is 0. The van der Waals surface area contributed by atoms with Crippen molar-refractivity contribution in [1.82, 2.24) is 0 Å². The van der Waals surface area contributed by atoms with Gasteiger partial charge in [-0.15, -0.1) is 3.77 Å². The lowest BCUT2D eigenvalue weighted by molar-refractivity contribution is 0.598. The molecule has 0 amide bonds. The molecule has 1 aromatic carbocycles. The number of sulfonamides is 1. The quantitative estimate of drug-likeness (QED) is 0.817. The first-order valence-corrected chi connectivity index (χ1v) is 7.37. The van der Waals surface area contributed by atoms with Crippen molar-refractivity contribution in [3.8, 4) is 0 Å². The van der Waals surface area contributed by atoms with Crippen LogP contribution in [0.1, 0.15) is 5.56 Å². The van der Waals surface area contributed by atoms with E-state index in [0.29, 0.717) is 0 Å². The molecule has 0 spiro atoms. The van der Waals surface area contributed by atoms with Crippen molar-refractivity contribution in [3.63, 3.8) is 0 Å². The molecule has 0 bridgehead atoms. The van der Waals surface area contributed by atoms with Crippen molar-refractivity contribution in [2.24, 2.45) is 3.77 Å². The third kappa shape index (κ3) is 3.28. The van der Waals surface area contributed by atoms with Gasteiger partial charge in [0.15, 0.2) is 0 Å². The average molecular weight is 243 g/mol. The number of benzene rings is 1. The molecular formula is C10H13NO2S2. The summed E-state index contributed by atoms with van der Waals surface area (Å²) in [7, 11) is -4.17. The Morgan fingerprint density at radius 2 is 1.87 bits per heavy atom. The van der Waals surface area contributed by atoms with Gasteiger partial charge in [0.2, 0.25) is 0 Å². The van der Waals surface area contributed by atoms with Crippen LogP contribution in [0.25, 0.3) is 0 Å². The molecule has 1 aromatic rings. The van der Waals surface area contributed by atoms with Gasteiger partial charge in [0.25, 0.3) is 10.0 Å². The minimum absolute atomic E-state index is 0.231. The molecule has 1 unspecified atom stereocenters. The van der Waals surface area contributed by atoms with Gasteiger partial charge in [-0.1, -0.05) is 35.0 Å². The van der Waals surface area contributed by atoms with Crippen LogP contribution in [-0.2, 0) is 20.7 Å². The highest BCUT2D eigenvalue weighted by atomic mass is 32.3. The van der Waals surface area contributed by atoms with Crippen LogP contribution in [0.2, 0.25) is 0 Å². The van der Waals surface area contributed by atoms with Crippen molar-refractivity contribution >= 4 is 20.7 Å². The second-order valence-electron chi connectivity index (χ2n) is 3.05. The van der Waals surface area contributed by atoms with E-state index in [0.717, 1.165) is 5.56 Å². The average Bonchev–Trinajstić information content (AvgIpc) is 2.17. The normalized spacial score (nSPS) is 13.7. The minimum atomic E-state index is -3.52. The Labute approximate surface area is 93.0 Å². The lowest BCUT2D eigenvalue weighted by Crippen LogP contribution is -1.98. The van der Waals surface area contributed by atoms with Gasteiger partial charge in [0, 0.05) is 0 Å². The van der Waals surface area contributed by atoms with E-state index in [-0.39, 0.29) is 4.90 Å². The van der Waals surface area contributed by atoms with Gasteiger partial charge in [0.05, 0.1) is 4.90 Å². The first-order valence-electron chi connectivity index (χ1n) is 4.28. The summed E-state index contributed by atoms with van der Waals surface area (Å²) in [4.78, 5) is 0.231. The van der Waals surface area contributed by atoms with Crippen molar-refractivity contribution in [3.05, 3.63) is 41.8 Å². The van der Waals surface area contributed by atoms with E-state index in [9.17, 15) is 8.42 Å². The van der Waals surface area contributed by atoms with Gasteiger partial charge in [-0.3, -0.25) is 0 Å². The van der Waals surface area contributed by atoms with Crippen LogP contribution in [0, 0.1) is 6.92 Å². The third-order valence-corrected chi connectivity index (χ3v) is 4.85. The molecule has 0 fully saturated rings. The zero-order chi connectivity index (χ0) is 11.5. The van der Waals surface area contributed by atoms with E-state index in [1.165, 1.54) is 5.41 Å². The van der Waals surface area contributed by atoms with Gasteiger partial charge in [-0.25, -0.2) is 0 Å². The molecule has 1 rings (SSSR count). The van der Waals surface area contributed by atoms with Crippen molar-refractivity contribution in [2.75, 3.05) is 6.26 Å². The first kappa shape index (κ1) is 12.1. The predicted octanol–water partition coefficient (Wildman–Crippen LogP) is 2.26. The summed E-state index contributed by atoms with van der Waals surface area (Å²) in [6, 6.07) is 6.64. The van der Waals surface area contributed by atoms with E-state index < -0.39 is 20.7 Å². The monoisotopic (exact) mass is 243 g/mol. The fraction of sp³-hybridized carbons (Fsp3) is 0.200. The fourth-order valence-corrected chi connectivity index (χ4v) is 3.24. The maximum Gasteiger partial charge on any atom is 0.288 e. The third-order valence-electron chi connectivity index (χ3n) is 1.78. The van der Waals surface area contributed by atoms with Crippen LogP contribution in [0.15, 0.2) is 44.9 Å². The number of hydrogen-bond donors (Lipinski definition) is 0. The smallest absolute Gasteiger partial charge is 0.199 e. The summed E-state index contributed by atoms with van der Waals surface area (Å²) >= 11 is 0. The van der Waals surface area contributed by atoms with Crippen LogP contribution in [0.3, 0.4) is 0 Å². The summed E-state index contributed by atoms with van der Waals surface area (Å²) in [5, 5.41) is 1.52. The topological polar surface area (TPSA) is 46.5 Å². The molecule has 0 aliphatic rings. The maximum absolute atomic E-state index is 11.7. The predicted molar refractivity (Wildman–Crippen MR) is 64.3 cm³/mol. The molecule has 0 heterocycles. The van der Waals surface area contributed by atoms with Gasteiger partial charge in [-0.05, 0) is 30.7 Å². The SMILES string of the molecule is C=CS(C)=NS(=O)(=O)c1ccc(C)cc1. The zero-order valence-corrected chi connectivity index (χ0v) is 10.3. The fourth-order valence-electron chi connectivity index (χ4n) is 0.938.